The van der Waals surface area contributed by atoms with Crippen LogP contribution >= 0.6 is 23.2 Å². The fraction of sp³-hybridized carbons (Fsp3) is 0.212. The Morgan fingerprint density at radius 1 is 0.791 bits per heavy atom. The molecule has 0 aliphatic rings. The van der Waals surface area contributed by atoms with Crippen LogP contribution in [0.3, 0.4) is 0 Å². The number of amides is 2. The minimum absolute atomic E-state index is 0.0192. The van der Waals surface area contributed by atoms with Gasteiger partial charge in [0.2, 0.25) is 11.8 Å². The van der Waals surface area contributed by atoms with Crippen LogP contribution in [0, 0.1) is 0 Å². The maximum absolute atomic E-state index is 14.4. The van der Waals surface area contributed by atoms with Crippen LogP contribution in [0.4, 0.5) is 5.69 Å². The van der Waals surface area contributed by atoms with Gasteiger partial charge in [-0.05, 0) is 60.0 Å². The van der Waals surface area contributed by atoms with Gasteiger partial charge in [0.25, 0.3) is 10.0 Å². The Kier molecular flexibility index (Phi) is 11.2. The summed E-state index contributed by atoms with van der Waals surface area (Å²) < 4.78 is 28.9. The van der Waals surface area contributed by atoms with Crippen molar-refractivity contribution in [3.63, 3.8) is 0 Å². The van der Waals surface area contributed by atoms with E-state index < -0.39 is 28.5 Å². The van der Waals surface area contributed by atoms with E-state index in [2.05, 4.69) is 5.32 Å². The largest absolute Gasteiger partial charge is 0.354 e. The Labute approximate surface area is 263 Å². The summed E-state index contributed by atoms with van der Waals surface area (Å²) in [6.07, 6.45) is 0.940. The molecule has 4 rings (SSSR count). The van der Waals surface area contributed by atoms with E-state index in [4.69, 9.17) is 23.2 Å². The number of halogens is 2. The van der Waals surface area contributed by atoms with Gasteiger partial charge in [-0.2, -0.15) is 0 Å². The first kappa shape index (κ1) is 32.1. The lowest BCUT2D eigenvalue weighted by molar-refractivity contribution is -0.140. The lowest BCUT2D eigenvalue weighted by Gasteiger charge is -2.34. The molecule has 0 aromatic heterocycles. The van der Waals surface area contributed by atoms with Crippen molar-refractivity contribution >= 4 is 50.7 Å². The number of hydrogen-bond acceptors (Lipinski definition) is 4. The average molecular weight is 639 g/mol. The molecule has 0 heterocycles. The van der Waals surface area contributed by atoms with Crippen molar-refractivity contribution in [2.24, 2.45) is 0 Å². The lowest BCUT2D eigenvalue weighted by atomic mass is 10.0. The van der Waals surface area contributed by atoms with E-state index >= 15 is 0 Å². The Balaban J connectivity index is 1.79. The Hall–Kier alpha value is -3.85. The zero-order chi connectivity index (χ0) is 30.8. The molecule has 0 saturated heterocycles. The van der Waals surface area contributed by atoms with Crippen LogP contribution < -0.4 is 9.62 Å². The first-order valence-electron chi connectivity index (χ1n) is 13.9. The average Bonchev–Trinajstić information content (AvgIpc) is 3.01. The molecule has 0 aliphatic carbocycles. The van der Waals surface area contributed by atoms with E-state index in [0.29, 0.717) is 28.6 Å². The molecule has 0 bridgehead atoms. The van der Waals surface area contributed by atoms with E-state index in [-0.39, 0.29) is 29.5 Å². The fourth-order valence-electron chi connectivity index (χ4n) is 4.63. The predicted octanol–water partition coefficient (Wildman–Crippen LogP) is 6.36. The number of sulfonamides is 1. The number of anilines is 1. The Morgan fingerprint density at radius 2 is 1.40 bits per heavy atom. The fourth-order valence-corrected chi connectivity index (χ4v) is 6.46. The van der Waals surface area contributed by atoms with E-state index in [1.54, 1.807) is 54.6 Å². The predicted molar refractivity (Wildman–Crippen MR) is 172 cm³/mol. The highest BCUT2D eigenvalue weighted by Gasteiger charge is 2.34. The van der Waals surface area contributed by atoms with Gasteiger partial charge in [-0.15, -0.1) is 0 Å². The number of benzene rings is 4. The number of nitrogens with one attached hydrogen (secondary N) is 1. The number of nitrogens with zero attached hydrogens (tertiary/aromatic N) is 2. The molecule has 224 valence electrons. The summed E-state index contributed by atoms with van der Waals surface area (Å²) in [7, 11) is -4.19. The van der Waals surface area contributed by atoms with Gasteiger partial charge in [0.05, 0.1) is 10.6 Å². The second-order valence-electron chi connectivity index (χ2n) is 9.95. The molecule has 2 amide bonds. The molecular formula is C33H33Cl2N3O4S. The summed E-state index contributed by atoms with van der Waals surface area (Å²) >= 11 is 12.5. The molecule has 1 N–H and O–H groups in total. The highest BCUT2D eigenvalue weighted by Crippen LogP contribution is 2.27. The van der Waals surface area contributed by atoms with E-state index in [0.717, 1.165) is 9.87 Å². The van der Waals surface area contributed by atoms with Gasteiger partial charge in [-0.1, -0.05) is 96.9 Å². The van der Waals surface area contributed by atoms with Crippen LogP contribution in [0.2, 0.25) is 10.0 Å². The third-order valence-electron chi connectivity index (χ3n) is 6.77. The van der Waals surface area contributed by atoms with Crippen LogP contribution in [-0.4, -0.2) is 44.3 Å². The molecule has 0 spiro atoms. The molecule has 0 aliphatic heterocycles. The van der Waals surface area contributed by atoms with Gasteiger partial charge in [0.1, 0.15) is 12.6 Å². The number of carbonyl (C=O) groups is 2. The summed E-state index contributed by atoms with van der Waals surface area (Å²) in [6, 6.07) is 29.7. The molecule has 4 aromatic rings. The van der Waals surface area contributed by atoms with Crippen molar-refractivity contribution in [3.05, 3.63) is 130 Å². The quantitative estimate of drug-likeness (QED) is 0.185. The molecular weight excluding hydrogens is 605 g/mol. The second-order valence-corrected chi connectivity index (χ2v) is 12.7. The van der Waals surface area contributed by atoms with Crippen molar-refractivity contribution in [1.82, 2.24) is 10.2 Å². The second kappa shape index (κ2) is 15.0. The number of hydrogen-bond donors (Lipinski definition) is 1. The van der Waals surface area contributed by atoms with Crippen LogP contribution in [0.5, 0.6) is 0 Å². The molecule has 43 heavy (non-hydrogen) atoms. The highest BCUT2D eigenvalue weighted by atomic mass is 35.5. The van der Waals surface area contributed by atoms with Crippen molar-refractivity contribution in [3.8, 4) is 0 Å². The zero-order valence-electron chi connectivity index (χ0n) is 23.7. The zero-order valence-corrected chi connectivity index (χ0v) is 26.0. The van der Waals surface area contributed by atoms with Gasteiger partial charge in [-0.25, -0.2) is 8.42 Å². The molecule has 0 fully saturated rings. The van der Waals surface area contributed by atoms with Gasteiger partial charge >= 0.3 is 0 Å². The molecule has 4 aromatic carbocycles. The summed E-state index contributed by atoms with van der Waals surface area (Å²) in [5, 5.41) is 3.72. The third-order valence-corrected chi connectivity index (χ3v) is 9.03. The SMILES string of the molecule is CCCNC(=O)C(Cc1ccccc1)N(Cc1cccc(Cl)c1)C(=O)CN(c1cccc(Cl)c1)S(=O)(=O)c1ccccc1. The summed E-state index contributed by atoms with van der Waals surface area (Å²) in [5.41, 5.74) is 1.77. The van der Waals surface area contributed by atoms with E-state index in [1.165, 1.54) is 23.1 Å². The first-order chi connectivity index (χ1) is 20.7. The van der Waals surface area contributed by atoms with Gasteiger partial charge in [0, 0.05) is 29.6 Å². The summed E-state index contributed by atoms with van der Waals surface area (Å²) in [4.78, 5) is 29.5. The third kappa shape index (κ3) is 8.60. The maximum Gasteiger partial charge on any atom is 0.264 e. The molecule has 0 radical (unpaired) electrons. The van der Waals surface area contributed by atoms with Crippen molar-refractivity contribution < 1.29 is 18.0 Å². The Morgan fingerprint density at radius 3 is 2.02 bits per heavy atom. The Bertz CT molecular complexity index is 1640. The van der Waals surface area contributed by atoms with Crippen molar-refractivity contribution in [1.29, 1.82) is 0 Å². The van der Waals surface area contributed by atoms with Crippen LogP contribution in [0.25, 0.3) is 0 Å². The van der Waals surface area contributed by atoms with Gasteiger partial charge in [0.15, 0.2) is 0 Å². The monoisotopic (exact) mass is 637 g/mol. The normalized spacial score (nSPS) is 11.9. The maximum atomic E-state index is 14.4. The number of rotatable bonds is 13. The smallest absolute Gasteiger partial charge is 0.264 e. The van der Waals surface area contributed by atoms with E-state index in [1.807, 2.05) is 43.3 Å². The van der Waals surface area contributed by atoms with Crippen LogP contribution in [-0.2, 0) is 32.6 Å². The number of carbonyl (C=O) groups excluding carboxylic acids is 2. The first-order valence-corrected chi connectivity index (χ1v) is 16.1. The minimum Gasteiger partial charge on any atom is -0.354 e. The lowest BCUT2D eigenvalue weighted by Crippen LogP contribution is -2.53. The molecule has 1 atom stereocenters. The highest BCUT2D eigenvalue weighted by molar-refractivity contribution is 7.92. The molecule has 1 unspecified atom stereocenters. The van der Waals surface area contributed by atoms with Crippen molar-refractivity contribution in [2.75, 3.05) is 17.4 Å². The van der Waals surface area contributed by atoms with Gasteiger partial charge in [-0.3, -0.25) is 13.9 Å². The summed E-state index contributed by atoms with van der Waals surface area (Å²) in [6.45, 7) is 1.84. The topological polar surface area (TPSA) is 86.8 Å². The van der Waals surface area contributed by atoms with Crippen molar-refractivity contribution in [2.45, 2.75) is 37.2 Å². The van der Waals surface area contributed by atoms with Crippen LogP contribution in [0.1, 0.15) is 24.5 Å². The standard InChI is InChI=1S/C33H33Cl2N3O4S/c1-2-19-36-33(40)31(21-25-11-5-3-6-12-25)37(23-26-13-9-14-27(34)20-26)32(39)24-38(29-16-10-15-28(35)22-29)43(41,42)30-17-7-4-8-18-30/h3-18,20,22,31H,2,19,21,23-24H2,1H3,(H,36,40). The molecule has 7 nitrogen and oxygen atoms in total. The summed E-state index contributed by atoms with van der Waals surface area (Å²) in [5.74, 6) is -0.895. The van der Waals surface area contributed by atoms with Crippen LogP contribution in [0.15, 0.2) is 114 Å². The molecule has 10 heteroatoms. The van der Waals surface area contributed by atoms with Gasteiger partial charge < -0.3 is 10.2 Å². The minimum atomic E-state index is -4.19. The molecule has 0 saturated carbocycles. The van der Waals surface area contributed by atoms with E-state index in [9.17, 15) is 18.0 Å².